The van der Waals surface area contributed by atoms with E-state index in [2.05, 4.69) is 56.9 Å². The Kier molecular flexibility index (Phi) is 6.53. The SMILES string of the molecule is CCCCc1nc(C)n(-c2ccnn2C)c(=O)c1Cc1ccc(-c2ccccc2-c2nn[nH]n2)cc1. The molecule has 182 valence electrons. The van der Waals surface area contributed by atoms with Crippen LogP contribution in [0.2, 0.25) is 0 Å². The van der Waals surface area contributed by atoms with Gasteiger partial charge in [-0.15, -0.1) is 10.2 Å². The van der Waals surface area contributed by atoms with Crippen molar-refractivity contribution >= 4 is 0 Å². The Morgan fingerprint density at radius 3 is 2.44 bits per heavy atom. The third-order valence-electron chi connectivity index (χ3n) is 6.38. The topological polar surface area (TPSA) is 107 Å². The van der Waals surface area contributed by atoms with Crippen molar-refractivity contribution in [2.45, 2.75) is 39.5 Å². The molecule has 5 aromatic rings. The van der Waals surface area contributed by atoms with Crippen LogP contribution in [0.4, 0.5) is 0 Å². The summed E-state index contributed by atoms with van der Waals surface area (Å²) in [4.78, 5) is 18.6. The van der Waals surface area contributed by atoms with Gasteiger partial charge in [0, 0.05) is 30.7 Å². The first-order valence-electron chi connectivity index (χ1n) is 12.1. The van der Waals surface area contributed by atoms with Gasteiger partial charge in [0.25, 0.3) is 5.56 Å². The number of nitrogens with zero attached hydrogens (tertiary/aromatic N) is 7. The van der Waals surface area contributed by atoms with E-state index < -0.39 is 0 Å². The highest BCUT2D eigenvalue weighted by Gasteiger charge is 2.18. The molecule has 5 rings (SSSR count). The highest BCUT2D eigenvalue weighted by molar-refractivity contribution is 5.80. The van der Waals surface area contributed by atoms with Gasteiger partial charge < -0.3 is 0 Å². The molecule has 9 heteroatoms. The number of aryl methyl sites for hydroxylation is 3. The second-order valence-corrected chi connectivity index (χ2v) is 8.80. The largest absolute Gasteiger partial charge is 0.268 e. The van der Waals surface area contributed by atoms with Crippen LogP contribution >= 0.6 is 0 Å². The molecule has 2 aromatic carbocycles. The van der Waals surface area contributed by atoms with Gasteiger partial charge in [0.2, 0.25) is 5.82 Å². The minimum atomic E-state index is -0.0382. The molecule has 0 atom stereocenters. The summed E-state index contributed by atoms with van der Waals surface area (Å²) >= 11 is 0. The van der Waals surface area contributed by atoms with Crippen molar-refractivity contribution in [2.24, 2.45) is 7.05 Å². The first-order valence-corrected chi connectivity index (χ1v) is 12.1. The molecule has 0 unspecified atom stereocenters. The quantitative estimate of drug-likeness (QED) is 0.359. The summed E-state index contributed by atoms with van der Waals surface area (Å²) in [6, 6.07) is 18.1. The number of aromatic amines is 1. The number of aromatic nitrogens is 8. The average Bonchev–Trinajstić information content (AvgIpc) is 3.58. The van der Waals surface area contributed by atoms with Gasteiger partial charge >= 0.3 is 0 Å². The predicted molar refractivity (Wildman–Crippen MR) is 138 cm³/mol. The smallest absolute Gasteiger partial charge is 0.263 e. The van der Waals surface area contributed by atoms with Crippen LogP contribution in [0.1, 0.15) is 42.4 Å². The maximum absolute atomic E-state index is 13.8. The van der Waals surface area contributed by atoms with Gasteiger partial charge in [-0.25, -0.2) is 9.55 Å². The van der Waals surface area contributed by atoms with Crippen molar-refractivity contribution in [2.75, 3.05) is 0 Å². The zero-order valence-electron chi connectivity index (χ0n) is 20.6. The summed E-state index contributed by atoms with van der Waals surface area (Å²) in [7, 11) is 1.83. The van der Waals surface area contributed by atoms with Gasteiger partial charge in [0.15, 0.2) is 0 Å². The van der Waals surface area contributed by atoms with Gasteiger partial charge in [0.05, 0.1) is 11.9 Å². The van der Waals surface area contributed by atoms with Crippen LogP contribution in [0.15, 0.2) is 65.6 Å². The molecule has 0 saturated carbocycles. The standard InChI is InChI=1S/C27H28N8O/c1-4-5-10-24-23(27(36)35(18(2)29-24)25-15-16-28-34(25)3)17-19-11-13-20(14-12-19)21-8-6-7-9-22(21)26-30-32-33-31-26/h6-9,11-16H,4-5,10,17H2,1-3H3,(H,30,31,32,33). The molecule has 0 radical (unpaired) electrons. The summed E-state index contributed by atoms with van der Waals surface area (Å²) in [5, 5.41) is 18.7. The van der Waals surface area contributed by atoms with Gasteiger partial charge in [-0.2, -0.15) is 10.3 Å². The molecule has 1 N–H and O–H groups in total. The maximum Gasteiger partial charge on any atom is 0.263 e. The van der Waals surface area contributed by atoms with Gasteiger partial charge in [0.1, 0.15) is 11.6 Å². The number of tetrazole rings is 1. The van der Waals surface area contributed by atoms with Gasteiger partial charge in [-0.1, -0.05) is 61.9 Å². The Morgan fingerprint density at radius 1 is 1.00 bits per heavy atom. The zero-order chi connectivity index (χ0) is 25.1. The van der Waals surface area contributed by atoms with Crippen LogP contribution in [0, 0.1) is 6.92 Å². The number of rotatable bonds is 8. The highest BCUT2D eigenvalue weighted by atomic mass is 16.1. The van der Waals surface area contributed by atoms with E-state index in [9.17, 15) is 4.79 Å². The molecule has 0 aliphatic heterocycles. The monoisotopic (exact) mass is 480 g/mol. The molecule has 0 fully saturated rings. The van der Waals surface area contributed by atoms with E-state index in [1.807, 2.05) is 44.3 Å². The number of nitrogens with one attached hydrogen (secondary N) is 1. The van der Waals surface area contributed by atoms with Crippen molar-refractivity contribution in [1.29, 1.82) is 0 Å². The molecule has 0 saturated heterocycles. The maximum atomic E-state index is 13.8. The van der Waals surface area contributed by atoms with Crippen LogP contribution in [0.5, 0.6) is 0 Å². The number of benzene rings is 2. The zero-order valence-corrected chi connectivity index (χ0v) is 20.6. The fraction of sp³-hybridized carbons (Fsp3) is 0.259. The molecule has 0 aliphatic carbocycles. The lowest BCUT2D eigenvalue weighted by Gasteiger charge is -2.16. The van der Waals surface area contributed by atoms with E-state index >= 15 is 0 Å². The second-order valence-electron chi connectivity index (χ2n) is 8.80. The molecule has 9 nitrogen and oxygen atoms in total. The fourth-order valence-electron chi connectivity index (χ4n) is 4.51. The minimum absolute atomic E-state index is 0.0382. The lowest BCUT2D eigenvalue weighted by Crippen LogP contribution is -2.29. The fourth-order valence-corrected chi connectivity index (χ4v) is 4.51. The van der Waals surface area contributed by atoms with Crippen molar-refractivity contribution < 1.29 is 0 Å². The van der Waals surface area contributed by atoms with Gasteiger partial charge in [-0.3, -0.25) is 9.48 Å². The molecule has 0 spiro atoms. The summed E-state index contributed by atoms with van der Waals surface area (Å²) in [6.07, 6.45) is 5.01. The van der Waals surface area contributed by atoms with Crippen molar-refractivity contribution in [1.82, 2.24) is 40.0 Å². The first kappa shape index (κ1) is 23.3. The summed E-state index contributed by atoms with van der Waals surface area (Å²) in [5.74, 6) is 1.94. The van der Waals surface area contributed by atoms with E-state index in [0.29, 0.717) is 23.9 Å². The summed E-state index contributed by atoms with van der Waals surface area (Å²) < 4.78 is 3.36. The van der Waals surface area contributed by atoms with E-state index in [-0.39, 0.29) is 5.56 Å². The Hall–Kier alpha value is -4.40. The van der Waals surface area contributed by atoms with Crippen molar-refractivity contribution in [3.05, 3.63) is 93.8 Å². The normalized spacial score (nSPS) is 11.2. The van der Waals surface area contributed by atoms with Crippen LogP contribution < -0.4 is 5.56 Å². The van der Waals surface area contributed by atoms with Crippen LogP contribution in [-0.4, -0.2) is 40.0 Å². The molecule has 36 heavy (non-hydrogen) atoms. The van der Waals surface area contributed by atoms with Crippen LogP contribution in [0.3, 0.4) is 0 Å². The molecule has 0 aliphatic rings. The molecular weight excluding hydrogens is 452 g/mol. The number of hydrogen-bond acceptors (Lipinski definition) is 6. The number of hydrogen-bond donors (Lipinski definition) is 1. The molecule has 0 amide bonds. The highest BCUT2D eigenvalue weighted by Crippen LogP contribution is 2.30. The van der Waals surface area contributed by atoms with Crippen LogP contribution in [0.25, 0.3) is 28.3 Å². The van der Waals surface area contributed by atoms with E-state index in [1.165, 1.54) is 0 Å². The summed E-state index contributed by atoms with van der Waals surface area (Å²) in [5.41, 5.74) is 5.59. The van der Waals surface area contributed by atoms with E-state index in [4.69, 9.17) is 4.98 Å². The second kappa shape index (κ2) is 10.1. The minimum Gasteiger partial charge on any atom is -0.268 e. The Bertz CT molecular complexity index is 1530. The van der Waals surface area contributed by atoms with E-state index in [0.717, 1.165) is 52.8 Å². The third-order valence-corrected chi connectivity index (χ3v) is 6.38. The van der Waals surface area contributed by atoms with Crippen LogP contribution in [-0.2, 0) is 19.9 Å². The molecular formula is C27H28N8O. The molecule has 3 aromatic heterocycles. The van der Waals surface area contributed by atoms with Gasteiger partial charge in [-0.05, 0) is 41.7 Å². The lowest BCUT2D eigenvalue weighted by molar-refractivity contribution is 0.683. The predicted octanol–water partition coefficient (Wildman–Crippen LogP) is 4.05. The average molecular weight is 481 g/mol. The van der Waals surface area contributed by atoms with Crippen molar-refractivity contribution in [3.8, 4) is 28.3 Å². The molecule has 0 bridgehead atoms. The van der Waals surface area contributed by atoms with E-state index in [1.54, 1.807) is 15.4 Å². The molecule has 3 heterocycles. The lowest BCUT2D eigenvalue weighted by atomic mass is 9.96. The summed E-state index contributed by atoms with van der Waals surface area (Å²) in [6.45, 7) is 4.03. The Balaban J connectivity index is 1.52. The third kappa shape index (κ3) is 4.47. The number of H-pyrrole nitrogens is 1. The number of unbranched alkanes of at least 4 members (excludes halogenated alkanes) is 1. The Morgan fingerprint density at radius 2 is 1.78 bits per heavy atom. The Labute approximate surface area is 208 Å². The first-order chi connectivity index (χ1) is 17.6. The van der Waals surface area contributed by atoms with Crippen molar-refractivity contribution in [3.63, 3.8) is 0 Å².